The van der Waals surface area contributed by atoms with E-state index in [1.54, 1.807) is 30.3 Å². The Kier molecular flexibility index (Phi) is 8.00. The Balaban J connectivity index is 1.99. The van der Waals surface area contributed by atoms with Crippen LogP contribution in [0.3, 0.4) is 0 Å². The molecule has 0 aliphatic heterocycles. The molecular weight excluding hydrogens is 370 g/mol. The van der Waals surface area contributed by atoms with Crippen LogP contribution in [0.25, 0.3) is 0 Å². The fourth-order valence-electron chi connectivity index (χ4n) is 2.20. The van der Waals surface area contributed by atoms with Crippen LogP contribution < -0.4 is 10.6 Å². The second-order valence-electron chi connectivity index (χ2n) is 5.34. The minimum atomic E-state index is -0.731. The second kappa shape index (κ2) is 10.5. The third kappa shape index (κ3) is 6.10. The van der Waals surface area contributed by atoms with Gasteiger partial charge in [0, 0.05) is 16.2 Å². The average Bonchev–Trinajstić information content (AvgIpc) is 2.67. The van der Waals surface area contributed by atoms with Gasteiger partial charge in [0.2, 0.25) is 5.91 Å². The molecule has 0 aromatic heterocycles. The molecule has 2 rings (SSSR count). The number of hydrogen-bond acceptors (Lipinski definition) is 4. The van der Waals surface area contributed by atoms with Crippen molar-refractivity contribution < 1.29 is 9.59 Å². The summed E-state index contributed by atoms with van der Waals surface area (Å²) in [6.07, 6.45) is 0.408. The molecule has 2 aromatic carbocycles. The summed E-state index contributed by atoms with van der Waals surface area (Å²) < 4.78 is 0. The SMILES string of the molecule is N#CCNC(=O)[C@H](CCSc1ccccc1Cl)NC(=O)c1ccccc1. The van der Waals surface area contributed by atoms with Gasteiger partial charge in [-0.25, -0.2) is 0 Å². The molecule has 1 atom stereocenters. The van der Waals surface area contributed by atoms with Gasteiger partial charge in [0.05, 0.1) is 11.1 Å². The Morgan fingerprint density at radius 1 is 1.12 bits per heavy atom. The number of benzene rings is 2. The van der Waals surface area contributed by atoms with Crippen LogP contribution in [-0.2, 0) is 4.79 Å². The van der Waals surface area contributed by atoms with Crippen LogP contribution >= 0.6 is 23.4 Å². The van der Waals surface area contributed by atoms with Gasteiger partial charge in [-0.1, -0.05) is 41.9 Å². The number of nitriles is 1. The number of nitrogens with one attached hydrogen (secondary N) is 2. The molecule has 0 aliphatic rings. The van der Waals surface area contributed by atoms with Crippen molar-refractivity contribution in [2.75, 3.05) is 12.3 Å². The van der Waals surface area contributed by atoms with Gasteiger partial charge >= 0.3 is 0 Å². The summed E-state index contributed by atoms with van der Waals surface area (Å²) in [7, 11) is 0. The molecule has 0 saturated carbocycles. The molecule has 5 nitrogen and oxygen atoms in total. The summed E-state index contributed by atoms with van der Waals surface area (Å²) >= 11 is 7.64. The monoisotopic (exact) mass is 387 g/mol. The lowest BCUT2D eigenvalue weighted by Gasteiger charge is -2.18. The van der Waals surface area contributed by atoms with Crippen LogP contribution in [0.4, 0.5) is 0 Å². The quantitative estimate of drug-likeness (QED) is 0.538. The first-order chi connectivity index (χ1) is 12.6. The zero-order chi connectivity index (χ0) is 18.8. The molecule has 134 valence electrons. The summed E-state index contributed by atoms with van der Waals surface area (Å²) in [5.41, 5.74) is 0.476. The van der Waals surface area contributed by atoms with E-state index in [0.29, 0.717) is 22.8 Å². The molecular formula is C19H18ClN3O2S. The van der Waals surface area contributed by atoms with Gasteiger partial charge in [-0.05, 0) is 30.7 Å². The highest BCUT2D eigenvalue weighted by Crippen LogP contribution is 2.27. The van der Waals surface area contributed by atoms with Crippen molar-refractivity contribution in [2.24, 2.45) is 0 Å². The van der Waals surface area contributed by atoms with Crippen LogP contribution in [0.2, 0.25) is 5.02 Å². The molecule has 26 heavy (non-hydrogen) atoms. The van der Waals surface area contributed by atoms with E-state index in [9.17, 15) is 9.59 Å². The molecule has 0 spiro atoms. The zero-order valence-corrected chi connectivity index (χ0v) is 15.5. The predicted octanol–water partition coefficient (Wildman–Crippen LogP) is 3.26. The Morgan fingerprint density at radius 3 is 2.50 bits per heavy atom. The Morgan fingerprint density at radius 2 is 1.81 bits per heavy atom. The Hall–Kier alpha value is -2.49. The number of amides is 2. The first kappa shape index (κ1) is 19.8. The van der Waals surface area contributed by atoms with Gasteiger partial charge in [0.25, 0.3) is 5.91 Å². The number of carbonyl (C=O) groups is 2. The lowest BCUT2D eigenvalue weighted by molar-refractivity contribution is -0.122. The number of carbonyl (C=O) groups excluding carboxylic acids is 2. The molecule has 0 bridgehead atoms. The number of nitrogens with zero attached hydrogens (tertiary/aromatic N) is 1. The Labute approximate surface area is 161 Å². The van der Waals surface area contributed by atoms with Gasteiger partial charge in [-0.15, -0.1) is 11.8 Å². The van der Waals surface area contributed by atoms with Gasteiger partial charge in [0.1, 0.15) is 12.6 Å². The minimum absolute atomic E-state index is 0.103. The largest absolute Gasteiger partial charge is 0.341 e. The van der Waals surface area contributed by atoms with Gasteiger partial charge < -0.3 is 10.6 Å². The number of hydrogen-bond donors (Lipinski definition) is 2. The summed E-state index contributed by atoms with van der Waals surface area (Å²) in [5.74, 6) is -0.121. The summed E-state index contributed by atoms with van der Waals surface area (Å²) in [4.78, 5) is 25.5. The highest BCUT2D eigenvalue weighted by atomic mass is 35.5. The van der Waals surface area contributed by atoms with E-state index < -0.39 is 6.04 Å². The van der Waals surface area contributed by atoms with Crippen molar-refractivity contribution in [3.8, 4) is 6.07 Å². The molecule has 0 saturated heterocycles. The first-order valence-electron chi connectivity index (χ1n) is 7.99. The predicted molar refractivity (Wildman–Crippen MR) is 103 cm³/mol. The van der Waals surface area contributed by atoms with E-state index >= 15 is 0 Å². The molecule has 0 unspecified atom stereocenters. The van der Waals surface area contributed by atoms with Gasteiger partial charge in [-0.3, -0.25) is 9.59 Å². The van der Waals surface area contributed by atoms with Crippen LogP contribution in [0, 0.1) is 11.3 Å². The van der Waals surface area contributed by atoms with E-state index in [4.69, 9.17) is 16.9 Å². The van der Waals surface area contributed by atoms with Gasteiger partial charge in [-0.2, -0.15) is 5.26 Å². The van der Waals surface area contributed by atoms with E-state index in [0.717, 1.165) is 4.90 Å². The van der Waals surface area contributed by atoms with E-state index in [1.807, 2.05) is 30.3 Å². The van der Waals surface area contributed by atoms with E-state index in [1.165, 1.54) is 11.8 Å². The minimum Gasteiger partial charge on any atom is -0.341 e. The lowest BCUT2D eigenvalue weighted by atomic mass is 10.1. The topological polar surface area (TPSA) is 82.0 Å². The molecule has 0 aliphatic carbocycles. The van der Waals surface area contributed by atoms with Crippen molar-refractivity contribution >= 4 is 35.2 Å². The fourth-order valence-corrected chi connectivity index (χ4v) is 3.45. The highest BCUT2D eigenvalue weighted by molar-refractivity contribution is 7.99. The van der Waals surface area contributed by atoms with Crippen LogP contribution in [0.15, 0.2) is 59.5 Å². The standard InChI is InChI=1S/C19H18ClN3O2S/c20-15-8-4-5-9-17(15)26-13-10-16(19(25)22-12-11-21)23-18(24)14-6-2-1-3-7-14/h1-9,16H,10,12-13H2,(H,22,25)(H,23,24)/t16-/m0/s1. The van der Waals surface area contributed by atoms with E-state index in [2.05, 4.69) is 10.6 Å². The molecule has 2 amide bonds. The molecule has 0 fully saturated rings. The fraction of sp³-hybridized carbons (Fsp3) is 0.211. The molecule has 7 heteroatoms. The van der Waals surface area contributed by atoms with Crippen molar-refractivity contribution in [1.29, 1.82) is 5.26 Å². The normalized spacial score (nSPS) is 11.2. The Bertz CT molecular complexity index is 793. The highest BCUT2D eigenvalue weighted by Gasteiger charge is 2.21. The smallest absolute Gasteiger partial charge is 0.251 e. The number of halogens is 1. The third-order valence-corrected chi connectivity index (χ3v) is 5.05. The third-order valence-electron chi connectivity index (χ3n) is 3.50. The van der Waals surface area contributed by atoms with Crippen LogP contribution in [0.5, 0.6) is 0 Å². The molecule has 0 radical (unpaired) electrons. The van der Waals surface area contributed by atoms with Crippen LogP contribution in [0.1, 0.15) is 16.8 Å². The van der Waals surface area contributed by atoms with Crippen molar-refractivity contribution in [3.63, 3.8) is 0 Å². The lowest BCUT2D eigenvalue weighted by Crippen LogP contribution is -2.47. The molecule has 0 heterocycles. The average molecular weight is 388 g/mol. The number of rotatable bonds is 8. The summed E-state index contributed by atoms with van der Waals surface area (Å²) in [6.45, 7) is -0.103. The second-order valence-corrected chi connectivity index (χ2v) is 6.88. The van der Waals surface area contributed by atoms with Crippen LogP contribution in [-0.4, -0.2) is 30.2 Å². The van der Waals surface area contributed by atoms with Crippen molar-refractivity contribution in [2.45, 2.75) is 17.4 Å². The maximum absolute atomic E-state index is 12.3. The molecule has 2 N–H and O–H groups in total. The molecule has 2 aromatic rings. The summed E-state index contributed by atoms with van der Waals surface area (Å²) in [6, 6.07) is 17.3. The van der Waals surface area contributed by atoms with Gasteiger partial charge in [0.15, 0.2) is 0 Å². The maximum atomic E-state index is 12.3. The first-order valence-corrected chi connectivity index (χ1v) is 9.36. The van der Waals surface area contributed by atoms with Crippen molar-refractivity contribution in [3.05, 3.63) is 65.2 Å². The van der Waals surface area contributed by atoms with E-state index in [-0.39, 0.29) is 18.4 Å². The maximum Gasteiger partial charge on any atom is 0.251 e. The number of thioether (sulfide) groups is 1. The van der Waals surface area contributed by atoms with Crippen molar-refractivity contribution in [1.82, 2.24) is 10.6 Å². The summed E-state index contributed by atoms with van der Waals surface area (Å²) in [5, 5.41) is 14.5. The zero-order valence-electron chi connectivity index (χ0n) is 13.9.